The van der Waals surface area contributed by atoms with Crippen molar-refractivity contribution in [3.05, 3.63) is 83.4 Å². The van der Waals surface area contributed by atoms with Gasteiger partial charge < -0.3 is 30.9 Å². The molecule has 39 heavy (non-hydrogen) atoms. The maximum absolute atomic E-state index is 12.8. The maximum atomic E-state index is 12.8. The van der Waals surface area contributed by atoms with E-state index < -0.39 is 29.9 Å². The van der Waals surface area contributed by atoms with Crippen molar-refractivity contribution >= 4 is 35.2 Å². The fourth-order valence-corrected chi connectivity index (χ4v) is 4.83. The van der Waals surface area contributed by atoms with Crippen molar-refractivity contribution in [2.24, 2.45) is 5.73 Å². The molecule has 0 aliphatic carbocycles. The molecule has 0 aliphatic heterocycles. The minimum Gasteiger partial charge on any atom is -0.493 e. The number of carbonyl (C=O) groups excluding carboxylic acids is 2. The molecular formula is C29H33N3O6S. The Balaban J connectivity index is 1.55. The summed E-state index contributed by atoms with van der Waals surface area (Å²) in [5.41, 5.74) is 9.42. The van der Waals surface area contributed by atoms with E-state index in [0.29, 0.717) is 22.7 Å². The van der Waals surface area contributed by atoms with E-state index in [1.165, 1.54) is 24.7 Å². The van der Waals surface area contributed by atoms with Gasteiger partial charge in [0.15, 0.2) is 11.5 Å². The summed E-state index contributed by atoms with van der Waals surface area (Å²) in [6, 6.07) is 18.5. The number of carboxylic acid groups (broad SMARTS) is 1. The molecule has 0 fully saturated rings. The molecular weight excluding hydrogens is 518 g/mol. The van der Waals surface area contributed by atoms with Gasteiger partial charge in [0.05, 0.1) is 39.1 Å². The van der Waals surface area contributed by atoms with Crippen LogP contribution in [-0.4, -0.2) is 43.2 Å². The molecule has 0 saturated heterocycles. The Morgan fingerprint density at radius 1 is 0.949 bits per heavy atom. The molecule has 9 nitrogen and oxygen atoms in total. The summed E-state index contributed by atoms with van der Waals surface area (Å²) in [6.45, 7) is 2.08. The number of carbonyl (C=O) groups is 3. The number of anilines is 1. The second-order valence-electron chi connectivity index (χ2n) is 8.88. The largest absolute Gasteiger partial charge is 0.493 e. The lowest BCUT2D eigenvalue weighted by Gasteiger charge is -2.21. The first-order valence-corrected chi connectivity index (χ1v) is 13.3. The SMILES string of the molecule is COc1ccc(C(CC(=O)O)NC(=O)C(N)CC(=O)Nc2ccc(CSc3ccccc3C)cc2)cc1OC. The summed E-state index contributed by atoms with van der Waals surface area (Å²) in [5, 5.41) is 14.7. The van der Waals surface area contributed by atoms with Gasteiger partial charge in [-0.05, 0) is 53.9 Å². The van der Waals surface area contributed by atoms with E-state index in [0.717, 1.165) is 11.3 Å². The fourth-order valence-electron chi connectivity index (χ4n) is 3.84. The minimum atomic E-state index is -1.17. The average molecular weight is 552 g/mol. The number of aryl methyl sites for hydroxylation is 1. The van der Waals surface area contributed by atoms with Crippen LogP contribution >= 0.6 is 11.8 Å². The average Bonchev–Trinajstić information content (AvgIpc) is 2.92. The van der Waals surface area contributed by atoms with Gasteiger partial charge in [-0.1, -0.05) is 36.4 Å². The van der Waals surface area contributed by atoms with E-state index in [4.69, 9.17) is 15.2 Å². The van der Waals surface area contributed by atoms with Gasteiger partial charge in [-0.25, -0.2) is 0 Å². The molecule has 0 bridgehead atoms. The van der Waals surface area contributed by atoms with Gasteiger partial charge in [-0.15, -0.1) is 11.8 Å². The van der Waals surface area contributed by atoms with Crippen LogP contribution in [0.1, 0.15) is 35.6 Å². The molecule has 3 rings (SSSR count). The van der Waals surface area contributed by atoms with Crippen molar-refractivity contribution in [3.63, 3.8) is 0 Å². The Bertz CT molecular complexity index is 1300. The molecule has 206 valence electrons. The Kier molecular flexibility index (Phi) is 10.8. The molecule has 3 aromatic carbocycles. The molecule has 0 aromatic heterocycles. The predicted molar refractivity (Wildman–Crippen MR) is 151 cm³/mol. The topological polar surface area (TPSA) is 140 Å². The molecule has 0 heterocycles. The zero-order chi connectivity index (χ0) is 28.4. The number of nitrogens with two attached hydrogens (primary N) is 1. The highest BCUT2D eigenvalue weighted by Gasteiger charge is 2.24. The van der Waals surface area contributed by atoms with E-state index in [-0.39, 0.29) is 12.8 Å². The van der Waals surface area contributed by atoms with Crippen LogP contribution in [0.25, 0.3) is 0 Å². The van der Waals surface area contributed by atoms with Crippen LogP contribution < -0.4 is 25.8 Å². The van der Waals surface area contributed by atoms with Gasteiger partial charge in [-0.3, -0.25) is 14.4 Å². The second-order valence-corrected chi connectivity index (χ2v) is 9.90. The molecule has 2 amide bonds. The molecule has 2 unspecified atom stereocenters. The summed E-state index contributed by atoms with van der Waals surface area (Å²) in [5.74, 6) is -0.532. The molecule has 3 aromatic rings. The summed E-state index contributed by atoms with van der Waals surface area (Å²) in [7, 11) is 2.94. The van der Waals surface area contributed by atoms with Crippen LogP contribution in [-0.2, 0) is 20.1 Å². The van der Waals surface area contributed by atoms with Crippen LogP contribution in [0, 0.1) is 6.92 Å². The lowest BCUT2D eigenvalue weighted by molar-refractivity contribution is -0.138. The van der Waals surface area contributed by atoms with Crippen LogP contribution in [0.3, 0.4) is 0 Å². The van der Waals surface area contributed by atoms with Crippen LogP contribution in [0.15, 0.2) is 71.6 Å². The second kappa shape index (κ2) is 14.2. The minimum absolute atomic E-state index is 0.275. The molecule has 2 atom stereocenters. The van der Waals surface area contributed by atoms with Crippen LogP contribution in [0.5, 0.6) is 11.5 Å². The van der Waals surface area contributed by atoms with E-state index in [1.807, 2.05) is 24.3 Å². The Labute approximate surface area is 232 Å². The summed E-state index contributed by atoms with van der Waals surface area (Å²) in [6.07, 6.45) is -0.656. The number of hydrogen-bond acceptors (Lipinski definition) is 7. The highest BCUT2D eigenvalue weighted by Crippen LogP contribution is 2.31. The summed E-state index contributed by atoms with van der Waals surface area (Å²) < 4.78 is 10.5. The van der Waals surface area contributed by atoms with Crippen LogP contribution in [0.2, 0.25) is 0 Å². The van der Waals surface area contributed by atoms with Gasteiger partial charge >= 0.3 is 5.97 Å². The number of benzene rings is 3. The Hall–Kier alpha value is -4.02. The first-order valence-electron chi connectivity index (χ1n) is 12.3. The number of methoxy groups -OCH3 is 2. The number of hydrogen-bond donors (Lipinski definition) is 4. The molecule has 5 N–H and O–H groups in total. The maximum Gasteiger partial charge on any atom is 0.305 e. The zero-order valence-corrected chi connectivity index (χ0v) is 22.9. The number of carboxylic acids is 1. The lowest BCUT2D eigenvalue weighted by Crippen LogP contribution is -2.44. The normalized spacial score (nSPS) is 12.2. The third kappa shape index (κ3) is 8.76. The van der Waals surface area contributed by atoms with Crippen molar-refractivity contribution in [3.8, 4) is 11.5 Å². The van der Waals surface area contributed by atoms with Gasteiger partial charge in [0.1, 0.15) is 0 Å². The molecule has 0 saturated carbocycles. The third-order valence-corrected chi connectivity index (χ3v) is 7.22. The van der Waals surface area contributed by atoms with E-state index in [9.17, 15) is 19.5 Å². The quantitative estimate of drug-likeness (QED) is 0.231. The number of ether oxygens (including phenoxy) is 2. The third-order valence-electron chi connectivity index (χ3n) is 5.97. The number of thioether (sulfide) groups is 1. The van der Waals surface area contributed by atoms with Crippen LogP contribution in [0.4, 0.5) is 5.69 Å². The number of rotatable bonds is 13. The molecule has 0 spiro atoms. The van der Waals surface area contributed by atoms with Crippen molar-refractivity contribution in [1.29, 1.82) is 0 Å². The zero-order valence-electron chi connectivity index (χ0n) is 22.1. The molecule has 0 aliphatic rings. The van der Waals surface area contributed by atoms with Crippen molar-refractivity contribution < 1.29 is 29.0 Å². The highest BCUT2D eigenvalue weighted by molar-refractivity contribution is 7.98. The standard InChI is InChI=1S/C29H33N3O6S/c1-18-6-4-5-7-26(18)39-17-19-8-11-21(12-9-19)31-27(33)15-22(30)29(36)32-23(16-28(34)35)20-10-13-24(37-2)25(14-20)38-3/h4-14,22-23H,15-17,30H2,1-3H3,(H,31,33)(H,32,36)(H,34,35). The van der Waals surface area contributed by atoms with Gasteiger partial charge in [0.25, 0.3) is 0 Å². The monoisotopic (exact) mass is 551 g/mol. The lowest BCUT2D eigenvalue weighted by atomic mass is 10.0. The summed E-state index contributed by atoms with van der Waals surface area (Å²) >= 11 is 1.74. The fraction of sp³-hybridized carbons (Fsp3) is 0.276. The van der Waals surface area contributed by atoms with E-state index >= 15 is 0 Å². The van der Waals surface area contributed by atoms with Gasteiger partial charge in [-0.2, -0.15) is 0 Å². The number of amides is 2. The van der Waals surface area contributed by atoms with Crippen molar-refractivity contribution in [2.45, 2.75) is 42.5 Å². The van der Waals surface area contributed by atoms with Crippen molar-refractivity contribution in [1.82, 2.24) is 5.32 Å². The highest BCUT2D eigenvalue weighted by atomic mass is 32.2. The predicted octanol–water partition coefficient (Wildman–Crippen LogP) is 4.29. The number of nitrogens with one attached hydrogen (secondary N) is 2. The van der Waals surface area contributed by atoms with Gasteiger partial charge in [0.2, 0.25) is 11.8 Å². The molecule has 0 radical (unpaired) electrons. The van der Waals surface area contributed by atoms with Crippen molar-refractivity contribution in [2.75, 3.05) is 19.5 Å². The smallest absolute Gasteiger partial charge is 0.305 e. The Morgan fingerprint density at radius 3 is 2.28 bits per heavy atom. The van der Waals surface area contributed by atoms with E-state index in [1.54, 1.807) is 42.1 Å². The molecule has 10 heteroatoms. The summed E-state index contributed by atoms with van der Waals surface area (Å²) in [4.78, 5) is 38.0. The van der Waals surface area contributed by atoms with E-state index in [2.05, 4.69) is 29.7 Å². The first kappa shape index (κ1) is 29.5. The number of aliphatic carboxylic acids is 1. The Morgan fingerprint density at radius 2 is 1.64 bits per heavy atom. The van der Waals surface area contributed by atoms with Gasteiger partial charge in [0, 0.05) is 16.3 Å². The first-order chi connectivity index (χ1) is 18.7.